The highest BCUT2D eigenvalue weighted by molar-refractivity contribution is 5.78. The lowest BCUT2D eigenvalue weighted by Gasteiger charge is -2.28. The molecule has 0 saturated heterocycles. The fourth-order valence-corrected chi connectivity index (χ4v) is 2.99. The minimum atomic E-state index is 0.314. The molecule has 0 aromatic carbocycles. The molecule has 22 heavy (non-hydrogen) atoms. The Kier molecular flexibility index (Phi) is 18.2. The minimum Gasteiger partial charge on any atom is -0.343 e. The first-order valence-electron chi connectivity index (χ1n) is 9.97. The first-order chi connectivity index (χ1) is 10.7. The Hall–Kier alpha value is -0.530. The Bertz CT molecular complexity index is 230. The van der Waals surface area contributed by atoms with Crippen molar-refractivity contribution in [1.82, 2.24) is 4.90 Å². The standard InChI is InChI=1S/C16H31NO.2C2H6/c1-4-6-13-17(5-2)16(18)15-11-7-9-14(3)10-8-12-15;2*1-2/h14-15H,4-13H2,1-3H3;2*1-2H3. The molecule has 0 N–H and O–H groups in total. The Morgan fingerprint density at radius 1 is 0.955 bits per heavy atom. The van der Waals surface area contributed by atoms with Gasteiger partial charge < -0.3 is 4.90 Å². The van der Waals surface area contributed by atoms with E-state index in [1.54, 1.807) is 0 Å². The second-order valence-electron chi connectivity index (χ2n) is 5.94. The predicted octanol–water partition coefficient (Wildman–Crippen LogP) is 6.29. The van der Waals surface area contributed by atoms with Crippen molar-refractivity contribution in [3.05, 3.63) is 0 Å². The third kappa shape index (κ3) is 10.2. The molecule has 1 saturated carbocycles. The average molecular weight is 314 g/mol. The van der Waals surface area contributed by atoms with E-state index in [0.717, 1.165) is 38.3 Å². The van der Waals surface area contributed by atoms with Crippen LogP contribution in [-0.4, -0.2) is 23.9 Å². The molecule has 2 heteroatoms. The van der Waals surface area contributed by atoms with Crippen LogP contribution in [0.5, 0.6) is 0 Å². The highest BCUT2D eigenvalue weighted by Gasteiger charge is 2.24. The van der Waals surface area contributed by atoms with Crippen molar-refractivity contribution in [1.29, 1.82) is 0 Å². The summed E-state index contributed by atoms with van der Waals surface area (Å²) in [7, 11) is 0. The molecule has 1 rings (SSSR count). The maximum absolute atomic E-state index is 12.5. The number of carbonyl (C=O) groups is 1. The van der Waals surface area contributed by atoms with E-state index in [-0.39, 0.29) is 0 Å². The maximum Gasteiger partial charge on any atom is 0.225 e. The molecule has 1 aliphatic carbocycles. The first kappa shape index (κ1) is 23.7. The molecular weight excluding hydrogens is 270 g/mol. The molecule has 0 aromatic heterocycles. The van der Waals surface area contributed by atoms with Crippen LogP contribution in [0, 0.1) is 11.8 Å². The number of carbonyl (C=O) groups excluding carboxylic acids is 1. The van der Waals surface area contributed by atoms with Gasteiger partial charge in [-0.3, -0.25) is 4.79 Å². The molecule has 1 fully saturated rings. The molecule has 0 spiro atoms. The number of rotatable bonds is 5. The van der Waals surface area contributed by atoms with E-state index in [1.807, 2.05) is 27.7 Å². The summed E-state index contributed by atoms with van der Waals surface area (Å²) in [4.78, 5) is 14.6. The van der Waals surface area contributed by atoms with Crippen LogP contribution < -0.4 is 0 Å². The lowest BCUT2D eigenvalue weighted by Crippen LogP contribution is -2.37. The van der Waals surface area contributed by atoms with Gasteiger partial charge in [0.2, 0.25) is 5.91 Å². The van der Waals surface area contributed by atoms with E-state index in [2.05, 4.69) is 25.7 Å². The van der Waals surface area contributed by atoms with Gasteiger partial charge in [0.05, 0.1) is 0 Å². The van der Waals surface area contributed by atoms with Crippen LogP contribution in [0.25, 0.3) is 0 Å². The van der Waals surface area contributed by atoms with Crippen LogP contribution in [0.4, 0.5) is 0 Å². The molecule has 0 unspecified atom stereocenters. The lowest BCUT2D eigenvalue weighted by atomic mass is 9.86. The largest absolute Gasteiger partial charge is 0.343 e. The van der Waals surface area contributed by atoms with E-state index in [4.69, 9.17) is 0 Å². The first-order valence-corrected chi connectivity index (χ1v) is 9.97. The summed E-state index contributed by atoms with van der Waals surface area (Å²) in [5.74, 6) is 1.61. The number of unbranched alkanes of at least 4 members (excludes halogenated alkanes) is 1. The monoisotopic (exact) mass is 313 g/mol. The summed E-state index contributed by atoms with van der Waals surface area (Å²) in [5.41, 5.74) is 0. The van der Waals surface area contributed by atoms with Crippen LogP contribution in [-0.2, 0) is 4.79 Å². The highest BCUT2D eigenvalue weighted by Crippen LogP contribution is 2.27. The van der Waals surface area contributed by atoms with E-state index < -0.39 is 0 Å². The second kappa shape index (κ2) is 16.8. The highest BCUT2D eigenvalue weighted by atomic mass is 16.2. The van der Waals surface area contributed by atoms with Crippen LogP contribution >= 0.6 is 0 Å². The third-order valence-corrected chi connectivity index (χ3v) is 4.32. The van der Waals surface area contributed by atoms with Crippen molar-refractivity contribution >= 4 is 5.91 Å². The van der Waals surface area contributed by atoms with Gasteiger partial charge in [0, 0.05) is 19.0 Å². The lowest BCUT2D eigenvalue weighted by molar-refractivity contribution is -0.136. The zero-order valence-electron chi connectivity index (χ0n) is 16.6. The predicted molar refractivity (Wildman–Crippen MR) is 100 cm³/mol. The zero-order valence-corrected chi connectivity index (χ0v) is 16.6. The van der Waals surface area contributed by atoms with E-state index in [1.165, 1.54) is 32.1 Å². The molecule has 0 bridgehead atoms. The van der Waals surface area contributed by atoms with E-state index in [9.17, 15) is 4.79 Å². The molecule has 1 aliphatic rings. The zero-order chi connectivity index (χ0) is 17.4. The summed E-state index contributed by atoms with van der Waals surface area (Å²) >= 11 is 0. The van der Waals surface area contributed by atoms with Gasteiger partial charge in [-0.1, -0.05) is 73.6 Å². The summed E-state index contributed by atoms with van der Waals surface area (Å²) in [6.07, 6.45) is 9.65. The second-order valence-corrected chi connectivity index (χ2v) is 5.94. The molecular formula is C20H43NO. The van der Waals surface area contributed by atoms with Crippen molar-refractivity contribution in [3.63, 3.8) is 0 Å². The summed E-state index contributed by atoms with van der Waals surface area (Å²) in [6, 6.07) is 0. The molecule has 1 amide bonds. The Balaban J connectivity index is 0. The molecule has 134 valence electrons. The molecule has 0 aliphatic heterocycles. The maximum atomic E-state index is 12.5. The topological polar surface area (TPSA) is 20.3 Å². The summed E-state index contributed by atoms with van der Waals surface area (Å²) < 4.78 is 0. The average Bonchev–Trinajstić information content (AvgIpc) is 2.55. The summed E-state index contributed by atoms with van der Waals surface area (Å²) in [5, 5.41) is 0. The fraction of sp³-hybridized carbons (Fsp3) is 0.950. The Labute approximate surface area is 141 Å². The molecule has 0 atom stereocenters. The number of amides is 1. The van der Waals surface area contributed by atoms with E-state index >= 15 is 0 Å². The van der Waals surface area contributed by atoms with Crippen molar-refractivity contribution in [3.8, 4) is 0 Å². The normalized spacial score (nSPS) is 21.2. The molecule has 2 nitrogen and oxygen atoms in total. The van der Waals surface area contributed by atoms with Crippen molar-refractivity contribution in [2.75, 3.05) is 13.1 Å². The third-order valence-electron chi connectivity index (χ3n) is 4.32. The SMILES string of the molecule is CC.CC.CCCCN(CC)C(=O)C1CCCC(C)CCC1. The van der Waals surface area contributed by atoms with Gasteiger partial charge in [-0.2, -0.15) is 0 Å². The fourth-order valence-electron chi connectivity index (χ4n) is 2.99. The van der Waals surface area contributed by atoms with Crippen LogP contribution in [0.3, 0.4) is 0 Å². The molecule has 0 aromatic rings. The number of hydrogen-bond acceptors (Lipinski definition) is 1. The van der Waals surface area contributed by atoms with E-state index in [0.29, 0.717) is 11.8 Å². The van der Waals surface area contributed by atoms with Gasteiger partial charge in [0.25, 0.3) is 0 Å². The van der Waals surface area contributed by atoms with Crippen molar-refractivity contribution in [2.24, 2.45) is 11.8 Å². The summed E-state index contributed by atoms with van der Waals surface area (Å²) in [6.45, 7) is 16.5. The van der Waals surface area contributed by atoms with Gasteiger partial charge in [0.1, 0.15) is 0 Å². The van der Waals surface area contributed by atoms with Crippen LogP contribution in [0.1, 0.15) is 99.8 Å². The molecule has 0 heterocycles. The number of hydrogen-bond donors (Lipinski definition) is 0. The smallest absolute Gasteiger partial charge is 0.225 e. The number of nitrogens with zero attached hydrogens (tertiary/aromatic N) is 1. The van der Waals surface area contributed by atoms with Crippen molar-refractivity contribution in [2.45, 2.75) is 99.8 Å². The Morgan fingerprint density at radius 3 is 1.86 bits per heavy atom. The minimum absolute atomic E-state index is 0.314. The van der Waals surface area contributed by atoms with Gasteiger partial charge in [-0.05, 0) is 32.1 Å². The van der Waals surface area contributed by atoms with Gasteiger partial charge in [-0.15, -0.1) is 0 Å². The van der Waals surface area contributed by atoms with Crippen molar-refractivity contribution < 1.29 is 4.79 Å². The van der Waals surface area contributed by atoms with Crippen LogP contribution in [0.2, 0.25) is 0 Å². The quantitative estimate of drug-likeness (QED) is 0.583. The van der Waals surface area contributed by atoms with Gasteiger partial charge >= 0.3 is 0 Å². The van der Waals surface area contributed by atoms with Gasteiger partial charge in [-0.25, -0.2) is 0 Å². The van der Waals surface area contributed by atoms with Gasteiger partial charge in [0.15, 0.2) is 0 Å². The van der Waals surface area contributed by atoms with Crippen LogP contribution in [0.15, 0.2) is 0 Å². The Morgan fingerprint density at radius 2 is 1.45 bits per heavy atom. The molecule has 0 radical (unpaired) electrons.